The largest absolute Gasteiger partial charge is 0.494 e. The quantitative estimate of drug-likeness (QED) is 0.0672. The number of hydrogen-bond acceptors (Lipinski definition) is 4. The SMILES string of the molecule is C=CCCCCCCCCCOc1ccc(-c2ccc(OC(=O)c3ccc(OCCCCC)cc3)cc2)cc1. The smallest absolute Gasteiger partial charge is 0.343 e. The zero-order chi connectivity index (χ0) is 27.5. The third-order valence-electron chi connectivity index (χ3n) is 6.68. The fourth-order valence-corrected chi connectivity index (χ4v) is 4.32. The van der Waals surface area contributed by atoms with Crippen molar-refractivity contribution < 1.29 is 19.0 Å². The summed E-state index contributed by atoms with van der Waals surface area (Å²) < 4.78 is 17.2. The summed E-state index contributed by atoms with van der Waals surface area (Å²) in [5, 5.41) is 0. The van der Waals surface area contributed by atoms with E-state index < -0.39 is 0 Å². The van der Waals surface area contributed by atoms with E-state index >= 15 is 0 Å². The Balaban J connectivity index is 1.37. The molecule has 0 amide bonds. The van der Waals surface area contributed by atoms with Gasteiger partial charge in [-0.05, 0) is 85.3 Å². The minimum atomic E-state index is -0.384. The number of rotatable bonds is 19. The molecule has 0 N–H and O–H groups in total. The average Bonchev–Trinajstić information content (AvgIpc) is 2.97. The number of benzene rings is 3. The van der Waals surface area contributed by atoms with Crippen LogP contribution in [0.4, 0.5) is 0 Å². The standard InChI is InChI=1S/C35H44O4/c1-3-5-7-8-9-10-11-12-14-28-38-32-21-15-29(16-22-32)30-17-25-34(26-18-30)39-35(36)31-19-23-33(24-20-31)37-27-13-6-4-2/h3,15-26H,1,4-14,27-28H2,2H3. The fourth-order valence-electron chi connectivity index (χ4n) is 4.32. The topological polar surface area (TPSA) is 44.8 Å². The molecule has 0 aliphatic carbocycles. The van der Waals surface area contributed by atoms with Crippen LogP contribution >= 0.6 is 0 Å². The molecule has 0 atom stereocenters. The molecule has 3 rings (SSSR count). The highest BCUT2D eigenvalue weighted by atomic mass is 16.5. The van der Waals surface area contributed by atoms with Crippen molar-refractivity contribution in [2.45, 2.75) is 77.6 Å². The highest BCUT2D eigenvalue weighted by Gasteiger charge is 2.09. The Kier molecular flexibility index (Phi) is 13.8. The Bertz CT molecular complexity index is 1080. The number of carbonyl (C=O) groups is 1. The molecule has 208 valence electrons. The first-order valence-electron chi connectivity index (χ1n) is 14.6. The molecule has 0 heterocycles. The molecule has 3 aromatic rings. The lowest BCUT2D eigenvalue weighted by atomic mass is 10.1. The number of esters is 1. The molecule has 0 unspecified atom stereocenters. The van der Waals surface area contributed by atoms with E-state index in [-0.39, 0.29) is 5.97 Å². The van der Waals surface area contributed by atoms with E-state index in [0.29, 0.717) is 17.9 Å². The molecule has 0 bridgehead atoms. The van der Waals surface area contributed by atoms with Gasteiger partial charge in [0.2, 0.25) is 0 Å². The van der Waals surface area contributed by atoms with Crippen LogP contribution in [0, 0.1) is 0 Å². The lowest BCUT2D eigenvalue weighted by Gasteiger charge is -2.09. The minimum Gasteiger partial charge on any atom is -0.494 e. The van der Waals surface area contributed by atoms with Crippen molar-refractivity contribution in [3.05, 3.63) is 91.0 Å². The van der Waals surface area contributed by atoms with Gasteiger partial charge in [0, 0.05) is 0 Å². The lowest BCUT2D eigenvalue weighted by molar-refractivity contribution is 0.0734. The monoisotopic (exact) mass is 528 g/mol. The van der Waals surface area contributed by atoms with Gasteiger partial charge in [0.05, 0.1) is 18.8 Å². The summed E-state index contributed by atoms with van der Waals surface area (Å²) in [5.74, 6) is 1.79. The van der Waals surface area contributed by atoms with E-state index in [1.54, 1.807) is 12.1 Å². The predicted octanol–water partition coefficient (Wildman–Crippen LogP) is 9.83. The second-order valence-electron chi connectivity index (χ2n) is 9.92. The Morgan fingerprint density at radius 3 is 1.62 bits per heavy atom. The third kappa shape index (κ3) is 11.4. The fraction of sp³-hybridized carbons (Fsp3) is 0.400. The van der Waals surface area contributed by atoms with Gasteiger partial charge in [-0.25, -0.2) is 4.79 Å². The van der Waals surface area contributed by atoms with Gasteiger partial charge >= 0.3 is 5.97 Å². The van der Waals surface area contributed by atoms with Gasteiger partial charge in [-0.3, -0.25) is 0 Å². The molecule has 4 nitrogen and oxygen atoms in total. The maximum absolute atomic E-state index is 12.5. The third-order valence-corrected chi connectivity index (χ3v) is 6.68. The van der Waals surface area contributed by atoms with Crippen LogP contribution < -0.4 is 14.2 Å². The molecular weight excluding hydrogens is 484 g/mol. The van der Waals surface area contributed by atoms with Gasteiger partial charge < -0.3 is 14.2 Å². The second kappa shape index (κ2) is 17.9. The summed E-state index contributed by atoms with van der Waals surface area (Å²) in [5.41, 5.74) is 2.64. The first-order chi connectivity index (χ1) is 19.2. The van der Waals surface area contributed by atoms with E-state index in [4.69, 9.17) is 14.2 Å². The van der Waals surface area contributed by atoms with E-state index in [1.165, 1.54) is 38.5 Å². The molecule has 0 spiro atoms. The Labute approximate surface area is 235 Å². The number of hydrogen-bond donors (Lipinski definition) is 0. The van der Waals surface area contributed by atoms with Crippen LogP contribution in [-0.2, 0) is 0 Å². The number of ether oxygens (including phenoxy) is 3. The van der Waals surface area contributed by atoms with Crippen LogP contribution in [0.5, 0.6) is 17.2 Å². The summed E-state index contributed by atoms with van der Waals surface area (Å²) in [4.78, 5) is 12.5. The van der Waals surface area contributed by atoms with Crippen LogP contribution in [0.3, 0.4) is 0 Å². The van der Waals surface area contributed by atoms with Gasteiger partial charge in [-0.15, -0.1) is 6.58 Å². The summed E-state index contributed by atoms with van der Waals surface area (Å²) in [7, 11) is 0. The molecule has 3 aromatic carbocycles. The first kappa shape index (κ1) is 30.0. The molecule has 0 saturated carbocycles. The van der Waals surface area contributed by atoms with E-state index in [9.17, 15) is 4.79 Å². The van der Waals surface area contributed by atoms with Crippen molar-refractivity contribution in [1.29, 1.82) is 0 Å². The molecule has 0 aliphatic heterocycles. The molecule has 0 aromatic heterocycles. The molecule has 0 aliphatic rings. The molecule has 39 heavy (non-hydrogen) atoms. The van der Waals surface area contributed by atoms with Crippen molar-refractivity contribution >= 4 is 5.97 Å². The normalized spacial score (nSPS) is 10.7. The predicted molar refractivity (Wildman–Crippen MR) is 161 cm³/mol. The van der Waals surface area contributed by atoms with E-state index in [0.717, 1.165) is 61.3 Å². The van der Waals surface area contributed by atoms with Gasteiger partial charge in [-0.1, -0.05) is 82.2 Å². The van der Waals surface area contributed by atoms with Gasteiger partial charge in [0.25, 0.3) is 0 Å². The summed E-state index contributed by atoms with van der Waals surface area (Å²) >= 11 is 0. The summed E-state index contributed by atoms with van der Waals surface area (Å²) in [6.07, 6.45) is 15.3. The second-order valence-corrected chi connectivity index (χ2v) is 9.92. The van der Waals surface area contributed by atoms with Crippen molar-refractivity contribution in [2.75, 3.05) is 13.2 Å². The van der Waals surface area contributed by atoms with Crippen molar-refractivity contribution in [2.24, 2.45) is 0 Å². The maximum Gasteiger partial charge on any atom is 0.343 e. The molecule has 0 saturated heterocycles. The number of carbonyl (C=O) groups excluding carboxylic acids is 1. The van der Waals surface area contributed by atoms with Crippen LogP contribution in [0.2, 0.25) is 0 Å². The zero-order valence-corrected chi connectivity index (χ0v) is 23.5. The molecule has 4 heteroatoms. The Morgan fingerprint density at radius 2 is 1.08 bits per heavy atom. The minimum absolute atomic E-state index is 0.384. The molecule has 0 radical (unpaired) electrons. The summed E-state index contributed by atoms with van der Waals surface area (Å²) in [6.45, 7) is 7.38. The Morgan fingerprint density at radius 1 is 0.615 bits per heavy atom. The molecule has 0 fully saturated rings. The van der Waals surface area contributed by atoms with Crippen molar-refractivity contribution in [1.82, 2.24) is 0 Å². The summed E-state index contributed by atoms with van der Waals surface area (Å²) in [6, 6.07) is 22.8. The molecular formula is C35H44O4. The van der Waals surface area contributed by atoms with Crippen LogP contribution in [0.1, 0.15) is 87.9 Å². The maximum atomic E-state index is 12.5. The Hall–Kier alpha value is -3.53. The van der Waals surface area contributed by atoms with Gasteiger partial charge in [0.15, 0.2) is 0 Å². The average molecular weight is 529 g/mol. The van der Waals surface area contributed by atoms with Gasteiger partial charge in [-0.2, -0.15) is 0 Å². The number of allylic oxidation sites excluding steroid dienone is 1. The van der Waals surface area contributed by atoms with Gasteiger partial charge in [0.1, 0.15) is 17.2 Å². The van der Waals surface area contributed by atoms with Crippen molar-refractivity contribution in [3.63, 3.8) is 0 Å². The van der Waals surface area contributed by atoms with E-state index in [1.807, 2.05) is 54.6 Å². The van der Waals surface area contributed by atoms with Crippen LogP contribution in [0.15, 0.2) is 85.5 Å². The van der Waals surface area contributed by atoms with Crippen LogP contribution in [0.25, 0.3) is 11.1 Å². The first-order valence-corrected chi connectivity index (χ1v) is 14.6. The van der Waals surface area contributed by atoms with Crippen LogP contribution in [-0.4, -0.2) is 19.2 Å². The highest BCUT2D eigenvalue weighted by Crippen LogP contribution is 2.25. The zero-order valence-electron chi connectivity index (χ0n) is 23.5. The number of unbranched alkanes of at least 4 members (excludes halogenated alkanes) is 9. The van der Waals surface area contributed by atoms with E-state index in [2.05, 4.69) is 25.6 Å². The highest BCUT2D eigenvalue weighted by molar-refractivity contribution is 5.91. The lowest BCUT2D eigenvalue weighted by Crippen LogP contribution is -2.08. The van der Waals surface area contributed by atoms with Crippen molar-refractivity contribution in [3.8, 4) is 28.4 Å².